The number of rotatable bonds is 11. The van der Waals surface area contributed by atoms with Gasteiger partial charge in [-0.1, -0.05) is 71.7 Å². The molecule has 236 valence electrons. The number of ketones is 1. The van der Waals surface area contributed by atoms with E-state index in [9.17, 15) is 14.7 Å². The van der Waals surface area contributed by atoms with Crippen molar-refractivity contribution in [2.24, 2.45) is 15.3 Å². The fourth-order valence-corrected chi connectivity index (χ4v) is 4.55. The van der Waals surface area contributed by atoms with Gasteiger partial charge in [-0.25, -0.2) is 0 Å². The highest BCUT2D eigenvalue weighted by Gasteiger charge is 2.15. The van der Waals surface area contributed by atoms with Crippen molar-refractivity contribution in [2.75, 3.05) is 22.8 Å². The van der Waals surface area contributed by atoms with E-state index in [1.165, 1.54) is 13.8 Å². The van der Waals surface area contributed by atoms with E-state index in [4.69, 9.17) is 27.9 Å². The van der Waals surface area contributed by atoms with E-state index < -0.39 is 5.91 Å². The highest BCUT2D eigenvalue weighted by atomic mass is 35.5. The van der Waals surface area contributed by atoms with E-state index in [1.54, 1.807) is 48.5 Å². The molecule has 0 fully saturated rings. The summed E-state index contributed by atoms with van der Waals surface area (Å²) < 4.78 is 5.55. The van der Waals surface area contributed by atoms with Gasteiger partial charge in [0.2, 0.25) is 5.78 Å². The van der Waals surface area contributed by atoms with Gasteiger partial charge in [-0.05, 0) is 79.4 Å². The second kappa shape index (κ2) is 15.7. The Morgan fingerprint density at radius 3 is 2.00 bits per heavy atom. The van der Waals surface area contributed by atoms with Crippen LogP contribution in [0.4, 0.5) is 22.7 Å². The molecule has 46 heavy (non-hydrogen) atoms. The average molecular weight is 660 g/mol. The van der Waals surface area contributed by atoms with Crippen LogP contribution in [0.5, 0.6) is 0 Å². The first-order valence-electron chi connectivity index (χ1n) is 14.1. The third-order valence-electron chi connectivity index (χ3n) is 6.65. The van der Waals surface area contributed by atoms with Crippen LogP contribution in [0, 0.1) is 13.8 Å². The second-order valence-corrected chi connectivity index (χ2v) is 10.9. The van der Waals surface area contributed by atoms with Crippen molar-refractivity contribution < 1.29 is 19.4 Å². The quantitative estimate of drug-likeness (QED) is 0.0241. The number of nitrogens with zero attached hydrogens (tertiary/aromatic N) is 3. The minimum Gasteiger partial charge on any atom is -0.510 e. The Hall–Kier alpha value is -5.19. The number of nitrogens with one attached hydrogen (secondary N) is 3. The molecular formula is C34H32Cl2N6O4. The molecule has 0 saturated heterocycles. The second-order valence-electron chi connectivity index (χ2n) is 10.1. The smallest absolute Gasteiger partial charge is 0.279 e. The number of amides is 1. The van der Waals surface area contributed by atoms with E-state index >= 15 is 0 Å². The molecule has 4 rings (SSSR count). The predicted octanol–water partition coefficient (Wildman–Crippen LogP) is 9.19. The molecule has 4 aromatic carbocycles. The molecule has 0 unspecified atom stereocenters. The van der Waals surface area contributed by atoms with Crippen LogP contribution in [0.2, 0.25) is 10.0 Å². The van der Waals surface area contributed by atoms with E-state index in [-0.39, 0.29) is 34.9 Å². The zero-order chi connectivity index (χ0) is 33.2. The minimum absolute atomic E-state index is 0.0473. The molecule has 0 atom stereocenters. The minimum atomic E-state index is -0.612. The summed E-state index contributed by atoms with van der Waals surface area (Å²) in [7, 11) is 0. The zero-order valence-electron chi connectivity index (χ0n) is 25.6. The predicted molar refractivity (Wildman–Crippen MR) is 184 cm³/mol. The molecule has 0 aliphatic heterocycles. The highest BCUT2D eigenvalue weighted by molar-refractivity contribution is 6.36. The van der Waals surface area contributed by atoms with Crippen LogP contribution in [0.3, 0.4) is 0 Å². The van der Waals surface area contributed by atoms with Crippen molar-refractivity contribution in [3.05, 3.63) is 118 Å². The van der Waals surface area contributed by atoms with Gasteiger partial charge < -0.3 is 20.5 Å². The normalized spacial score (nSPS) is 12.0. The molecule has 1 amide bonds. The van der Waals surface area contributed by atoms with Crippen LogP contribution in [-0.2, 0) is 14.3 Å². The van der Waals surface area contributed by atoms with E-state index in [1.807, 2.05) is 50.2 Å². The Kier molecular flexibility index (Phi) is 11.5. The number of aryl methyl sites for hydroxylation is 2. The van der Waals surface area contributed by atoms with Gasteiger partial charge in [0.1, 0.15) is 11.4 Å². The first-order chi connectivity index (χ1) is 22.0. The maximum absolute atomic E-state index is 12.8. The van der Waals surface area contributed by atoms with Gasteiger partial charge in [0.15, 0.2) is 12.4 Å². The van der Waals surface area contributed by atoms with Gasteiger partial charge >= 0.3 is 0 Å². The molecule has 0 aliphatic rings. The number of aliphatic hydroxyl groups is 1. The Morgan fingerprint density at radius 2 is 1.41 bits per heavy atom. The van der Waals surface area contributed by atoms with Gasteiger partial charge in [0.25, 0.3) is 11.8 Å². The van der Waals surface area contributed by atoms with Gasteiger partial charge in [-0.2, -0.15) is 0 Å². The van der Waals surface area contributed by atoms with Crippen LogP contribution in [0.25, 0.3) is 11.1 Å². The summed E-state index contributed by atoms with van der Waals surface area (Å²) in [5, 5.41) is 28.7. The number of hydrogen-bond acceptors (Lipinski definition) is 9. The van der Waals surface area contributed by atoms with Crippen molar-refractivity contribution in [3.8, 4) is 11.1 Å². The zero-order valence-corrected chi connectivity index (χ0v) is 27.1. The van der Waals surface area contributed by atoms with Crippen molar-refractivity contribution in [1.82, 2.24) is 0 Å². The number of carbonyl (C=O) groups excluding carboxylic acids is 2. The van der Waals surface area contributed by atoms with Crippen molar-refractivity contribution >= 4 is 63.5 Å². The Balaban J connectivity index is 1.43. The number of anilines is 3. The van der Waals surface area contributed by atoms with Crippen LogP contribution in [-0.4, -0.2) is 29.4 Å². The van der Waals surface area contributed by atoms with Gasteiger partial charge in [0, 0.05) is 18.3 Å². The number of aliphatic hydroxyl groups excluding tert-OH is 1. The summed E-state index contributed by atoms with van der Waals surface area (Å²) in [6.07, 6.45) is 0. The maximum Gasteiger partial charge on any atom is 0.279 e. The summed E-state index contributed by atoms with van der Waals surface area (Å²) in [4.78, 5) is 24.8. The molecule has 12 heteroatoms. The lowest BCUT2D eigenvalue weighted by atomic mass is 10.0. The molecular weight excluding hydrogens is 627 g/mol. The Labute approximate surface area is 276 Å². The Morgan fingerprint density at radius 1 is 0.804 bits per heavy atom. The third kappa shape index (κ3) is 8.93. The number of ether oxygens (including phenoxy) is 1. The molecule has 4 N–H and O–H groups in total. The lowest BCUT2D eigenvalue weighted by Gasteiger charge is -2.12. The fourth-order valence-electron chi connectivity index (χ4n) is 4.11. The summed E-state index contributed by atoms with van der Waals surface area (Å²) in [5.41, 5.74) is 8.15. The summed E-state index contributed by atoms with van der Waals surface area (Å²) in [5.74, 6) is -1.38. The standard InChI is InChI=1S/C34H32Cl2N6O4/c1-20-9-5-7-11-28(20)37-19-46-34(23(4)44)42-40-31-16-14-25(18-27(31)36)24-13-15-30(26(35)17-24)39-41-32(22(3)43)33(45)38-29-12-8-6-10-21(29)2/h5-18,37,40,43H,19H2,1-4H3,(H,38,45). The fraction of sp³-hybridized carbons (Fsp3) is 0.147. The molecule has 0 heterocycles. The molecule has 0 bridgehead atoms. The van der Waals surface area contributed by atoms with Gasteiger partial charge in [0.05, 0.1) is 15.7 Å². The monoisotopic (exact) mass is 658 g/mol. The third-order valence-corrected chi connectivity index (χ3v) is 7.27. The molecule has 0 radical (unpaired) electrons. The number of carbonyl (C=O) groups is 2. The van der Waals surface area contributed by atoms with Crippen molar-refractivity contribution in [3.63, 3.8) is 0 Å². The number of allylic oxidation sites excluding steroid dienone is 1. The number of hydrogen-bond donors (Lipinski definition) is 4. The Bertz CT molecular complexity index is 1850. The van der Waals surface area contributed by atoms with Crippen molar-refractivity contribution in [1.29, 1.82) is 0 Å². The lowest BCUT2D eigenvalue weighted by molar-refractivity contribution is -0.113. The number of para-hydroxylation sites is 2. The lowest BCUT2D eigenvalue weighted by Crippen LogP contribution is -2.20. The SMILES string of the molecule is CC(=O)C(=NNc1ccc(-c2ccc(N=NC(C(=O)Nc3ccccc3C)=C(C)O)c(Cl)c2)cc1Cl)OCNc1ccccc1C. The van der Waals surface area contributed by atoms with Gasteiger partial charge in [-0.15, -0.1) is 15.3 Å². The van der Waals surface area contributed by atoms with Gasteiger partial charge in [-0.3, -0.25) is 15.0 Å². The summed E-state index contributed by atoms with van der Waals surface area (Å²) >= 11 is 13.0. The number of azo groups is 1. The maximum atomic E-state index is 12.8. The summed E-state index contributed by atoms with van der Waals surface area (Å²) in [6.45, 7) is 6.57. The topological polar surface area (TPSA) is 137 Å². The number of Topliss-reactive ketones (excluding diaryl/α,β-unsaturated/α-hetero) is 1. The number of halogens is 2. The van der Waals surface area contributed by atoms with E-state index in [0.717, 1.165) is 27.9 Å². The van der Waals surface area contributed by atoms with Crippen LogP contribution in [0.15, 0.2) is 112 Å². The molecule has 10 nitrogen and oxygen atoms in total. The molecule has 0 saturated carbocycles. The molecule has 0 aromatic heterocycles. The number of benzene rings is 4. The average Bonchev–Trinajstić information content (AvgIpc) is 3.01. The van der Waals surface area contributed by atoms with Crippen LogP contribution in [0.1, 0.15) is 25.0 Å². The number of hydrazone groups is 1. The molecule has 0 aliphatic carbocycles. The van der Waals surface area contributed by atoms with E-state index in [2.05, 4.69) is 31.4 Å². The largest absolute Gasteiger partial charge is 0.510 e. The summed E-state index contributed by atoms with van der Waals surface area (Å²) in [6, 6.07) is 25.3. The first-order valence-corrected chi connectivity index (χ1v) is 14.8. The first kappa shape index (κ1) is 33.7. The molecule has 4 aromatic rings. The van der Waals surface area contributed by atoms with E-state index in [0.29, 0.717) is 22.1 Å². The highest BCUT2D eigenvalue weighted by Crippen LogP contribution is 2.34. The molecule has 0 spiro atoms. The van der Waals surface area contributed by atoms with Crippen LogP contribution >= 0.6 is 23.2 Å². The van der Waals surface area contributed by atoms with Crippen molar-refractivity contribution in [2.45, 2.75) is 27.7 Å². The van der Waals surface area contributed by atoms with Crippen LogP contribution < -0.4 is 16.1 Å².